The Balaban J connectivity index is 3.19. The summed E-state index contributed by atoms with van der Waals surface area (Å²) in [4.78, 5) is 0. The molecule has 1 atom stereocenters. The highest BCUT2D eigenvalue weighted by molar-refractivity contribution is 5.48. The van der Waals surface area contributed by atoms with Crippen molar-refractivity contribution < 1.29 is 14.2 Å². The Labute approximate surface area is 109 Å². The van der Waals surface area contributed by atoms with Crippen molar-refractivity contribution in [1.82, 2.24) is 0 Å². The van der Waals surface area contributed by atoms with E-state index in [0.717, 1.165) is 23.5 Å². The second-order valence-corrected chi connectivity index (χ2v) is 4.32. The van der Waals surface area contributed by atoms with Crippen molar-refractivity contribution in [2.45, 2.75) is 25.9 Å². The molecule has 1 aromatic rings. The molecule has 0 aliphatic heterocycles. The summed E-state index contributed by atoms with van der Waals surface area (Å²) in [5.74, 6) is 1.85. The highest BCUT2D eigenvalue weighted by Gasteiger charge is 2.15. The zero-order chi connectivity index (χ0) is 13.5. The van der Waals surface area contributed by atoms with E-state index in [1.165, 1.54) is 5.56 Å². The third-order valence-corrected chi connectivity index (χ3v) is 3.08. The molecule has 0 bridgehead atoms. The van der Waals surface area contributed by atoms with Crippen molar-refractivity contribution in [3.05, 3.63) is 23.3 Å². The minimum atomic E-state index is 0.375. The molecule has 4 nitrogen and oxygen atoms in total. The molecule has 0 aliphatic carbocycles. The summed E-state index contributed by atoms with van der Waals surface area (Å²) in [6.45, 7) is 3.39. The first-order chi connectivity index (χ1) is 8.67. The van der Waals surface area contributed by atoms with Gasteiger partial charge >= 0.3 is 0 Å². The maximum Gasteiger partial charge on any atom is 0.161 e. The third kappa shape index (κ3) is 3.37. The fraction of sp³-hybridized carbons (Fsp3) is 0.571. The molecule has 0 spiro atoms. The van der Waals surface area contributed by atoms with Crippen LogP contribution in [-0.4, -0.2) is 27.9 Å². The van der Waals surface area contributed by atoms with Gasteiger partial charge in [-0.1, -0.05) is 6.92 Å². The molecule has 0 radical (unpaired) electrons. The van der Waals surface area contributed by atoms with E-state index in [-0.39, 0.29) is 0 Å². The lowest BCUT2D eigenvalue weighted by molar-refractivity contribution is 0.183. The zero-order valence-electron chi connectivity index (χ0n) is 11.7. The maximum atomic E-state index is 5.63. The molecule has 0 fully saturated rings. The van der Waals surface area contributed by atoms with Crippen LogP contribution < -0.4 is 15.2 Å². The van der Waals surface area contributed by atoms with Crippen LogP contribution in [0.4, 0.5) is 0 Å². The van der Waals surface area contributed by atoms with Crippen molar-refractivity contribution in [2.24, 2.45) is 5.73 Å². The van der Waals surface area contributed by atoms with Gasteiger partial charge < -0.3 is 19.9 Å². The Hall–Kier alpha value is -1.26. The third-order valence-electron chi connectivity index (χ3n) is 3.08. The number of methoxy groups -OCH3 is 3. The molecule has 0 aliphatic rings. The maximum absolute atomic E-state index is 5.63. The number of benzene rings is 1. The van der Waals surface area contributed by atoms with Crippen LogP contribution in [0.5, 0.6) is 11.5 Å². The van der Waals surface area contributed by atoms with Gasteiger partial charge in [-0.05, 0) is 42.1 Å². The number of nitrogens with two attached hydrogens (primary N) is 1. The Kier molecular flexibility index (Phi) is 5.95. The van der Waals surface area contributed by atoms with Crippen LogP contribution in [0.3, 0.4) is 0 Å². The molecule has 2 N–H and O–H groups in total. The second-order valence-electron chi connectivity index (χ2n) is 4.32. The quantitative estimate of drug-likeness (QED) is 0.810. The van der Waals surface area contributed by atoms with Crippen LogP contribution in [0.2, 0.25) is 0 Å². The Morgan fingerprint density at radius 3 is 2.22 bits per heavy atom. The monoisotopic (exact) mass is 253 g/mol. The predicted octanol–water partition coefficient (Wildman–Crippen LogP) is 2.30. The predicted molar refractivity (Wildman–Crippen MR) is 72.3 cm³/mol. The van der Waals surface area contributed by atoms with E-state index in [9.17, 15) is 0 Å². The molecule has 1 unspecified atom stereocenters. The van der Waals surface area contributed by atoms with Crippen molar-refractivity contribution in [3.8, 4) is 11.5 Å². The van der Waals surface area contributed by atoms with E-state index in [2.05, 4.69) is 6.92 Å². The van der Waals surface area contributed by atoms with E-state index >= 15 is 0 Å². The van der Waals surface area contributed by atoms with Crippen LogP contribution >= 0.6 is 0 Å². The standard InChI is InChI=1S/C14H23NO3/c1-10(5-6-15)12-8-14(18-4)13(17-3)7-11(12)9-16-2/h7-8,10H,5-6,9,15H2,1-4H3. The van der Waals surface area contributed by atoms with E-state index in [4.69, 9.17) is 19.9 Å². The van der Waals surface area contributed by atoms with Gasteiger partial charge in [-0.15, -0.1) is 0 Å². The molecule has 1 aromatic carbocycles. The lowest BCUT2D eigenvalue weighted by atomic mass is 9.92. The topological polar surface area (TPSA) is 53.7 Å². The number of hydrogen-bond donors (Lipinski definition) is 1. The van der Waals surface area contributed by atoms with Gasteiger partial charge in [-0.3, -0.25) is 0 Å². The minimum absolute atomic E-state index is 0.375. The van der Waals surface area contributed by atoms with E-state index in [1.807, 2.05) is 12.1 Å². The Bertz CT molecular complexity index is 380. The van der Waals surface area contributed by atoms with Gasteiger partial charge in [0.1, 0.15) is 0 Å². The first-order valence-electron chi connectivity index (χ1n) is 6.11. The molecular formula is C14H23NO3. The van der Waals surface area contributed by atoms with E-state index in [1.54, 1.807) is 21.3 Å². The van der Waals surface area contributed by atoms with Gasteiger partial charge in [0.05, 0.1) is 20.8 Å². The summed E-state index contributed by atoms with van der Waals surface area (Å²) in [5.41, 5.74) is 7.96. The minimum Gasteiger partial charge on any atom is -0.493 e. The van der Waals surface area contributed by atoms with Gasteiger partial charge in [-0.25, -0.2) is 0 Å². The summed E-state index contributed by atoms with van der Waals surface area (Å²) in [5, 5.41) is 0. The largest absolute Gasteiger partial charge is 0.493 e. The highest BCUT2D eigenvalue weighted by atomic mass is 16.5. The normalized spacial score (nSPS) is 12.3. The lowest BCUT2D eigenvalue weighted by Gasteiger charge is -2.19. The summed E-state index contributed by atoms with van der Waals surface area (Å²) in [7, 11) is 4.97. The van der Waals surface area contributed by atoms with Crippen LogP contribution in [0.15, 0.2) is 12.1 Å². The zero-order valence-corrected chi connectivity index (χ0v) is 11.7. The number of ether oxygens (including phenoxy) is 3. The fourth-order valence-electron chi connectivity index (χ4n) is 2.08. The molecule has 0 saturated heterocycles. The summed E-state index contributed by atoms with van der Waals surface area (Å²) < 4.78 is 15.9. The van der Waals surface area contributed by atoms with Crippen LogP contribution in [-0.2, 0) is 11.3 Å². The van der Waals surface area contributed by atoms with Gasteiger partial charge in [0, 0.05) is 7.11 Å². The van der Waals surface area contributed by atoms with Crippen LogP contribution in [0, 0.1) is 0 Å². The number of rotatable bonds is 7. The molecule has 1 rings (SSSR count). The van der Waals surface area contributed by atoms with Crippen molar-refractivity contribution in [2.75, 3.05) is 27.9 Å². The smallest absolute Gasteiger partial charge is 0.161 e. The average Bonchev–Trinajstić information content (AvgIpc) is 2.38. The molecule has 4 heteroatoms. The van der Waals surface area contributed by atoms with E-state index < -0.39 is 0 Å². The number of hydrogen-bond acceptors (Lipinski definition) is 4. The van der Waals surface area contributed by atoms with Gasteiger partial charge in [0.2, 0.25) is 0 Å². The van der Waals surface area contributed by atoms with Gasteiger partial charge in [-0.2, -0.15) is 0 Å². The molecule has 0 heterocycles. The van der Waals surface area contributed by atoms with Crippen molar-refractivity contribution in [1.29, 1.82) is 0 Å². The van der Waals surface area contributed by atoms with Gasteiger partial charge in [0.15, 0.2) is 11.5 Å². The van der Waals surface area contributed by atoms with Crippen molar-refractivity contribution in [3.63, 3.8) is 0 Å². The lowest BCUT2D eigenvalue weighted by Crippen LogP contribution is -2.08. The molecular weight excluding hydrogens is 230 g/mol. The SMILES string of the molecule is COCc1cc(OC)c(OC)cc1C(C)CCN. The van der Waals surface area contributed by atoms with E-state index in [0.29, 0.717) is 19.1 Å². The molecule has 0 aromatic heterocycles. The van der Waals surface area contributed by atoms with Crippen LogP contribution in [0.25, 0.3) is 0 Å². The first kappa shape index (κ1) is 14.8. The van der Waals surface area contributed by atoms with Crippen molar-refractivity contribution >= 4 is 0 Å². The second kappa shape index (κ2) is 7.24. The summed E-state index contributed by atoms with van der Waals surface area (Å²) in [6, 6.07) is 4.00. The van der Waals surface area contributed by atoms with Gasteiger partial charge in [0.25, 0.3) is 0 Å². The Morgan fingerprint density at radius 1 is 1.11 bits per heavy atom. The summed E-state index contributed by atoms with van der Waals surface area (Å²) in [6.07, 6.45) is 0.937. The average molecular weight is 253 g/mol. The highest BCUT2D eigenvalue weighted by Crippen LogP contribution is 2.35. The fourth-order valence-corrected chi connectivity index (χ4v) is 2.08. The Morgan fingerprint density at radius 2 is 1.72 bits per heavy atom. The molecule has 102 valence electrons. The van der Waals surface area contributed by atoms with Crippen LogP contribution in [0.1, 0.15) is 30.4 Å². The molecule has 18 heavy (non-hydrogen) atoms. The molecule has 0 saturated carbocycles. The summed E-state index contributed by atoms with van der Waals surface area (Å²) >= 11 is 0. The first-order valence-corrected chi connectivity index (χ1v) is 6.11. The molecule has 0 amide bonds.